The number of carbonyl (C=O) groups excluding carboxylic acids is 1. The van der Waals surface area contributed by atoms with E-state index in [1.54, 1.807) is 24.1 Å². The minimum atomic E-state index is -0.855. The van der Waals surface area contributed by atoms with Crippen molar-refractivity contribution in [2.75, 3.05) is 84.1 Å². The fourth-order valence-electron chi connectivity index (χ4n) is 7.38. The van der Waals surface area contributed by atoms with E-state index in [1.807, 2.05) is 12.3 Å². The Morgan fingerprint density at radius 2 is 1.91 bits per heavy atom. The number of carbonyl (C=O) groups is 1. The van der Waals surface area contributed by atoms with E-state index in [0.717, 1.165) is 76.5 Å². The number of piperidine rings is 1. The largest absolute Gasteiger partial charge is 0.506 e. The van der Waals surface area contributed by atoms with Gasteiger partial charge in [-0.1, -0.05) is 37.3 Å². The van der Waals surface area contributed by atoms with Crippen molar-refractivity contribution >= 4 is 22.8 Å². The van der Waals surface area contributed by atoms with Crippen molar-refractivity contribution in [2.45, 2.75) is 57.2 Å². The third-order valence-corrected chi connectivity index (χ3v) is 10.7. The van der Waals surface area contributed by atoms with Gasteiger partial charge < -0.3 is 44.7 Å². The number of nitrogens with zero attached hydrogens (tertiary/aromatic N) is 5. The first-order valence-corrected chi connectivity index (χ1v) is 19.3. The van der Waals surface area contributed by atoms with E-state index in [-0.39, 0.29) is 29.4 Å². The molecule has 2 saturated heterocycles. The molecule has 2 aromatic heterocycles. The third-order valence-electron chi connectivity index (χ3n) is 10.7. The van der Waals surface area contributed by atoms with Crippen LogP contribution in [0.2, 0.25) is 0 Å². The number of likely N-dealkylation sites (N-methyl/N-ethyl adjacent to an activating group) is 1. The van der Waals surface area contributed by atoms with Crippen LogP contribution in [0.5, 0.6) is 5.75 Å². The average molecular weight is 742 g/mol. The number of aliphatic hydroxyl groups excluding tert-OH is 1. The van der Waals surface area contributed by atoms with Crippen LogP contribution in [-0.2, 0) is 33.5 Å². The molecule has 0 aliphatic carbocycles. The maximum Gasteiger partial charge on any atom is 0.248 e. The van der Waals surface area contributed by atoms with Gasteiger partial charge in [0.25, 0.3) is 0 Å². The Hall–Kier alpha value is -4.40. The van der Waals surface area contributed by atoms with E-state index in [4.69, 9.17) is 14.5 Å². The van der Waals surface area contributed by atoms with Crippen LogP contribution in [0.15, 0.2) is 65.6 Å². The van der Waals surface area contributed by atoms with Crippen molar-refractivity contribution in [3.05, 3.63) is 93.5 Å². The van der Waals surface area contributed by atoms with Gasteiger partial charge in [-0.3, -0.25) is 9.59 Å². The van der Waals surface area contributed by atoms with E-state index in [2.05, 4.69) is 56.3 Å². The van der Waals surface area contributed by atoms with Crippen LogP contribution in [0.4, 0.5) is 5.95 Å². The smallest absolute Gasteiger partial charge is 0.248 e. The fraction of sp³-hybridized carbons (Fsp3) is 0.512. The Morgan fingerprint density at radius 3 is 2.72 bits per heavy atom. The number of hydrogen-bond acceptors (Lipinski definition) is 11. The molecule has 1 atom stereocenters. The lowest BCUT2D eigenvalue weighted by molar-refractivity contribution is -0.131. The molecule has 0 radical (unpaired) electrons. The van der Waals surface area contributed by atoms with Crippen molar-refractivity contribution in [2.24, 2.45) is 0 Å². The lowest BCUT2D eigenvalue weighted by atomic mass is 9.89. The molecule has 2 fully saturated rings. The zero-order chi connectivity index (χ0) is 37.9. The van der Waals surface area contributed by atoms with Gasteiger partial charge in [0.05, 0.1) is 50.0 Å². The zero-order valence-corrected chi connectivity index (χ0v) is 31.6. The highest BCUT2D eigenvalue weighted by Crippen LogP contribution is 2.32. The number of rotatable bonds is 17. The highest BCUT2D eigenvalue weighted by Gasteiger charge is 2.40. The monoisotopic (exact) mass is 741 g/mol. The predicted octanol–water partition coefficient (Wildman–Crippen LogP) is 3.23. The summed E-state index contributed by atoms with van der Waals surface area (Å²) < 4.78 is 12.2. The molecular weight excluding hydrogens is 686 g/mol. The Morgan fingerprint density at radius 1 is 1.09 bits per heavy atom. The summed E-state index contributed by atoms with van der Waals surface area (Å²) in [6.07, 6.45) is 6.04. The van der Waals surface area contributed by atoms with Gasteiger partial charge in [-0.25, -0.2) is 9.97 Å². The lowest BCUT2D eigenvalue weighted by Gasteiger charge is -2.47. The number of likely N-dealkylation sites (tertiary alicyclic amines) is 1. The maximum atomic E-state index is 12.7. The van der Waals surface area contributed by atoms with Crippen molar-refractivity contribution in [1.29, 1.82) is 0 Å². The predicted molar refractivity (Wildman–Crippen MR) is 209 cm³/mol. The number of ether oxygens (including phenoxy) is 2. The topological polar surface area (TPSA) is 156 Å². The van der Waals surface area contributed by atoms with Gasteiger partial charge in [0.15, 0.2) is 0 Å². The number of fused-ring (bicyclic) bond motifs is 1. The lowest BCUT2D eigenvalue weighted by Crippen LogP contribution is -2.57. The number of H-pyrrole nitrogens is 1. The van der Waals surface area contributed by atoms with E-state index >= 15 is 0 Å². The Kier molecular flexibility index (Phi) is 13.7. The molecule has 4 N–H and O–H groups in total. The van der Waals surface area contributed by atoms with E-state index in [1.165, 1.54) is 23.3 Å². The van der Waals surface area contributed by atoms with E-state index in [0.29, 0.717) is 55.8 Å². The third kappa shape index (κ3) is 10.4. The van der Waals surface area contributed by atoms with Gasteiger partial charge in [0.2, 0.25) is 17.4 Å². The molecule has 2 aliphatic rings. The number of phenols is 1. The second-order valence-corrected chi connectivity index (χ2v) is 14.5. The van der Waals surface area contributed by atoms with Crippen LogP contribution in [0, 0.1) is 0 Å². The van der Waals surface area contributed by atoms with Gasteiger partial charge in [-0.05, 0) is 67.0 Å². The maximum absolute atomic E-state index is 12.7. The SMILES string of the molecule is CCc1ccnc(N2CCOC3(CCN(CCc4cccc(CCOCCC(=O)N(C)CCNC[C@H](O)c5ccc(O)c6[nH]c(=O)ccc56)c4)CC3)C2)n1. The van der Waals surface area contributed by atoms with Crippen molar-refractivity contribution in [3.8, 4) is 5.75 Å². The molecule has 6 rings (SSSR count). The number of amides is 1. The van der Waals surface area contributed by atoms with Crippen LogP contribution < -0.4 is 15.8 Å². The standard InChI is InChI=1S/C41H55N7O6/c1-3-32-11-17-43-40(44-32)48-23-26-54-41(29-48)15-20-47(21-16-41)19-12-30-5-4-6-31(27-30)13-24-53-25-14-38(52)46(2)22-18-42-28-36(50)33-7-9-35(49)39-34(33)8-10-37(51)45-39/h4-11,17,27,36,42,49-50H,3,12-16,18-26,28-29H2,1-2H3,(H,45,51)/t36-/m0/s1. The Labute approximate surface area is 317 Å². The van der Waals surface area contributed by atoms with Crippen molar-refractivity contribution < 1.29 is 24.5 Å². The second kappa shape index (κ2) is 18.8. The number of nitrogens with one attached hydrogen (secondary N) is 2. The molecule has 0 unspecified atom stereocenters. The van der Waals surface area contributed by atoms with Crippen LogP contribution in [0.25, 0.3) is 10.9 Å². The second-order valence-electron chi connectivity index (χ2n) is 14.5. The number of hydrogen-bond donors (Lipinski definition) is 4. The Balaban J connectivity index is 0.838. The molecule has 2 aliphatic heterocycles. The summed E-state index contributed by atoms with van der Waals surface area (Å²) in [5.41, 5.74) is 4.08. The number of aromatic hydroxyl groups is 1. The fourth-order valence-corrected chi connectivity index (χ4v) is 7.38. The molecule has 290 valence electrons. The minimum absolute atomic E-state index is 0.000358. The summed E-state index contributed by atoms with van der Waals surface area (Å²) in [5.74, 6) is 0.775. The molecule has 4 heterocycles. The molecule has 54 heavy (non-hydrogen) atoms. The molecule has 2 aromatic carbocycles. The molecule has 13 nitrogen and oxygen atoms in total. The number of aryl methyl sites for hydroxylation is 1. The number of aliphatic hydroxyl groups is 1. The van der Waals surface area contributed by atoms with Gasteiger partial charge in [-0.2, -0.15) is 0 Å². The van der Waals surface area contributed by atoms with Gasteiger partial charge in [0, 0.05) is 76.2 Å². The first-order chi connectivity index (χ1) is 26.2. The van der Waals surface area contributed by atoms with Crippen LogP contribution in [0.1, 0.15) is 54.7 Å². The number of pyridine rings is 1. The summed E-state index contributed by atoms with van der Waals surface area (Å²) in [5, 5.41) is 24.6. The van der Waals surface area contributed by atoms with Crippen LogP contribution >= 0.6 is 0 Å². The van der Waals surface area contributed by atoms with E-state index in [9.17, 15) is 19.8 Å². The molecular formula is C41H55N7O6. The van der Waals surface area contributed by atoms with E-state index < -0.39 is 6.10 Å². The number of aromatic amines is 1. The summed E-state index contributed by atoms with van der Waals surface area (Å²) in [6.45, 7) is 9.73. The molecule has 1 amide bonds. The summed E-state index contributed by atoms with van der Waals surface area (Å²) in [4.78, 5) is 42.8. The highest BCUT2D eigenvalue weighted by atomic mass is 16.5. The molecule has 1 spiro atoms. The van der Waals surface area contributed by atoms with Gasteiger partial charge in [0.1, 0.15) is 5.75 Å². The highest BCUT2D eigenvalue weighted by molar-refractivity contribution is 5.87. The quantitative estimate of drug-likeness (QED) is 0.118. The minimum Gasteiger partial charge on any atom is -0.506 e. The number of benzene rings is 2. The van der Waals surface area contributed by atoms with Gasteiger partial charge >= 0.3 is 0 Å². The molecule has 4 aromatic rings. The van der Waals surface area contributed by atoms with Crippen molar-refractivity contribution in [1.82, 2.24) is 30.1 Å². The van der Waals surface area contributed by atoms with Crippen molar-refractivity contribution in [3.63, 3.8) is 0 Å². The number of morpholine rings is 1. The van der Waals surface area contributed by atoms with Crippen LogP contribution in [0.3, 0.4) is 0 Å². The van der Waals surface area contributed by atoms with Gasteiger partial charge in [-0.15, -0.1) is 0 Å². The van der Waals surface area contributed by atoms with Crippen LogP contribution in [-0.4, -0.2) is 126 Å². The molecule has 0 saturated carbocycles. The molecule has 0 bridgehead atoms. The summed E-state index contributed by atoms with van der Waals surface area (Å²) >= 11 is 0. The first kappa shape index (κ1) is 39.3. The Bertz CT molecular complexity index is 1900. The molecule has 13 heteroatoms. The normalized spacial score (nSPS) is 16.5. The first-order valence-electron chi connectivity index (χ1n) is 19.3. The zero-order valence-electron chi connectivity index (χ0n) is 31.6. The number of aromatic nitrogens is 3. The summed E-state index contributed by atoms with van der Waals surface area (Å²) in [7, 11) is 1.76. The number of phenolic OH excluding ortho intramolecular Hbond substituents is 1. The summed E-state index contributed by atoms with van der Waals surface area (Å²) in [6, 6.07) is 16.8. The number of anilines is 1. The average Bonchev–Trinajstić information content (AvgIpc) is 3.19.